The number of nitrogens with zero attached hydrogens (tertiary/aromatic N) is 1. The number of alkyl halides is 3. The molecule has 1 heterocycles. The molecule has 1 saturated heterocycles. The van der Waals surface area contributed by atoms with Crippen molar-refractivity contribution in [3.8, 4) is 0 Å². The molecule has 1 rings (SSSR count). The summed E-state index contributed by atoms with van der Waals surface area (Å²) in [6.07, 6.45) is -6.82. The van der Waals surface area contributed by atoms with Gasteiger partial charge in [-0.3, -0.25) is 4.90 Å². The third-order valence-electron chi connectivity index (χ3n) is 2.61. The molecule has 3 unspecified atom stereocenters. The molecule has 1 fully saturated rings. The van der Waals surface area contributed by atoms with Gasteiger partial charge in [0.15, 0.2) is 6.10 Å². The van der Waals surface area contributed by atoms with Gasteiger partial charge in [0, 0.05) is 18.6 Å². The number of β-amino-alcohol motifs (C(OH)–C–C–N with tert-alkyl or cyclic N) is 1. The Kier molecular flexibility index (Phi) is 3.97. The summed E-state index contributed by atoms with van der Waals surface area (Å²) in [5, 5.41) is 8.97. The number of morpholine rings is 1. The van der Waals surface area contributed by atoms with Crippen LogP contribution >= 0.6 is 0 Å². The fraction of sp³-hybridized carbons (Fsp3) is 1.00. The monoisotopic (exact) mass is 227 g/mol. The largest absolute Gasteiger partial charge is 0.415 e. The lowest BCUT2D eigenvalue weighted by molar-refractivity contribution is -0.214. The highest BCUT2D eigenvalue weighted by molar-refractivity contribution is 4.81. The van der Waals surface area contributed by atoms with Crippen LogP contribution in [-0.4, -0.2) is 54.1 Å². The van der Waals surface area contributed by atoms with Gasteiger partial charge in [-0.05, 0) is 13.8 Å². The molecular weight excluding hydrogens is 211 g/mol. The molecule has 0 bridgehead atoms. The third-order valence-corrected chi connectivity index (χ3v) is 2.61. The van der Waals surface area contributed by atoms with E-state index >= 15 is 0 Å². The van der Waals surface area contributed by atoms with Crippen molar-refractivity contribution in [1.82, 2.24) is 4.90 Å². The Bertz CT molecular complexity index is 200. The molecule has 1 N–H and O–H groups in total. The summed E-state index contributed by atoms with van der Waals surface area (Å²) in [5.41, 5.74) is 0. The number of rotatable bonds is 2. The average molecular weight is 227 g/mol. The lowest BCUT2D eigenvalue weighted by atomic mass is 10.1. The fourth-order valence-electron chi connectivity index (χ4n) is 1.70. The van der Waals surface area contributed by atoms with Gasteiger partial charge in [-0.25, -0.2) is 0 Å². The first-order chi connectivity index (χ1) is 6.82. The van der Waals surface area contributed by atoms with Gasteiger partial charge in [0.2, 0.25) is 0 Å². The van der Waals surface area contributed by atoms with Crippen molar-refractivity contribution in [2.24, 2.45) is 0 Å². The van der Waals surface area contributed by atoms with Crippen molar-refractivity contribution in [2.75, 3.05) is 19.8 Å². The Morgan fingerprint density at radius 2 is 1.80 bits per heavy atom. The van der Waals surface area contributed by atoms with Crippen LogP contribution in [0.15, 0.2) is 0 Å². The van der Waals surface area contributed by atoms with Gasteiger partial charge in [0.1, 0.15) is 0 Å². The highest BCUT2D eigenvalue weighted by Crippen LogP contribution is 2.23. The van der Waals surface area contributed by atoms with Crippen LogP contribution in [0.3, 0.4) is 0 Å². The standard InChI is InChI=1S/C9H16F3NO2/c1-6-4-15-5-7(2)13(6)3-8(14)9(10,11)12/h6-8,14H,3-5H2,1-2H3. The summed E-state index contributed by atoms with van der Waals surface area (Å²) in [6.45, 7) is 4.02. The minimum atomic E-state index is -4.54. The Balaban J connectivity index is 2.55. The third kappa shape index (κ3) is 3.32. The smallest absolute Gasteiger partial charge is 0.382 e. The second kappa shape index (κ2) is 4.67. The van der Waals surface area contributed by atoms with Crippen molar-refractivity contribution in [2.45, 2.75) is 38.2 Å². The minimum absolute atomic E-state index is 0.0919. The summed E-state index contributed by atoms with van der Waals surface area (Å²) in [4.78, 5) is 1.63. The van der Waals surface area contributed by atoms with Gasteiger partial charge in [0.25, 0.3) is 0 Å². The van der Waals surface area contributed by atoms with E-state index in [4.69, 9.17) is 9.84 Å². The van der Waals surface area contributed by atoms with Crippen LogP contribution in [0, 0.1) is 0 Å². The van der Waals surface area contributed by atoms with E-state index in [9.17, 15) is 13.2 Å². The lowest BCUT2D eigenvalue weighted by Gasteiger charge is -2.39. The summed E-state index contributed by atoms with van der Waals surface area (Å²) in [5.74, 6) is 0. The molecule has 3 nitrogen and oxygen atoms in total. The zero-order valence-electron chi connectivity index (χ0n) is 8.79. The average Bonchev–Trinajstić information content (AvgIpc) is 2.09. The number of halogens is 3. The predicted molar refractivity (Wildman–Crippen MR) is 48.5 cm³/mol. The zero-order valence-corrected chi connectivity index (χ0v) is 8.79. The van der Waals surface area contributed by atoms with E-state index in [-0.39, 0.29) is 18.6 Å². The van der Waals surface area contributed by atoms with Crippen molar-refractivity contribution in [1.29, 1.82) is 0 Å². The Morgan fingerprint density at radius 1 is 1.33 bits per heavy atom. The maximum atomic E-state index is 12.2. The van der Waals surface area contributed by atoms with E-state index in [0.29, 0.717) is 13.2 Å². The van der Waals surface area contributed by atoms with Crippen molar-refractivity contribution < 1.29 is 23.0 Å². The molecule has 0 aromatic carbocycles. The molecule has 1 aliphatic heterocycles. The first-order valence-corrected chi connectivity index (χ1v) is 4.90. The normalized spacial score (nSPS) is 31.6. The van der Waals surface area contributed by atoms with Crippen LogP contribution in [-0.2, 0) is 4.74 Å². The highest BCUT2D eigenvalue weighted by Gasteiger charge is 2.41. The highest BCUT2D eigenvalue weighted by atomic mass is 19.4. The summed E-state index contributed by atoms with van der Waals surface area (Å²) >= 11 is 0. The van der Waals surface area contributed by atoms with Gasteiger partial charge in [-0.2, -0.15) is 13.2 Å². The fourth-order valence-corrected chi connectivity index (χ4v) is 1.70. The SMILES string of the molecule is CC1COCC(C)N1CC(O)C(F)(F)F. The molecule has 0 aromatic heterocycles. The van der Waals surface area contributed by atoms with Crippen LogP contribution in [0.5, 0.6) is 0 Å². The van der Waals surface area contributed by atoms with E-state index in [0.717, 1.165) is 0 Å². The van der Waals surface area contributed by atoms with Gasteiger partial charge in [-0.15, -0.1) is 0 Å². The number of hydrogen-bond donors (Lipinski definition) is 1. The van der Waals surface area contributed by atoms with Crippen LogP contribution in [0.1, 0.15) is 13.8 Å². The van der Waals surface area contributed by atoms with E-state index in [1.54, 1.807) is 18.7 Å². The minimum Gasteiger partial charge on any atom is -0.382 e. The van der Waals surface area contributed by atoms with E-state index < -0.39 is 12.3 Å². The van der Waals surface area contributed by atoms with Crippen LogP contribution < -0.4 is 0 Å². The quantitative estimate of drug-likeness (QED) is 0.764. The molecule has 0 aromatic rings. The Morgan fingerprint density at radius 3 is 2.20 bits per heavy atom. The van der Waals surface area contributed by atoms with E-state index in [1.807, 2.05) is 0 Å². The molecule has 6 heteroatoms. The second-order valence-corrected chi connectivity index (χ2v) is 3.99. The van der Waals surface area contributed by atoms with Crippen molar-refractivity contribution >= 4 is 0 Å². The predicted octanol–water partition coefficient (Wildman–Crippen LogP) is 1.02. The Labute approximate surface area is 86.8 Å². The summed E-state index contributed by atoms with van der Waals surface area (Å²) in [6, 6.07) is -0.184. The van der Waals surface area contributed by atoms with E-state index in [2.05, 4.69) is 0 Å². The first-order valence-electron chi connectivity index (χ1n) is 4.90. The van der Waals surface area contributed by atoms with Gasteiger partial charge < -0.3 is 9.84 Å². The van der Waals surface area contributed by atoms with Gasteiger partial charge in [-0.1, -0.05) is 0 Å². The molecule has 0 saturated carbocycles. The topological polar surface area (TPSA) is 32.7 Å². The molecule has 0 spiro atoms. The van der Waals surface area contributed by atoms with Gasteiger partial charge >= 0.3 is 6.18 Å². The molecule has 90 valence electrons. The van der Waals surface area contributed by atoms with Crippen molar-refractivity contribution in [3.63, 3.8) is 0 Å². The van der Waals surface area contributed by atoms with E-state index in [1.165, 1.54) is 0 Å². The number of aliphatic hydroxyl groups excluding tert-OH is 1. The molecule has 3 atom stereocenters. The maximum Gasteiger partial charge on any atom is 0.415 e. The first kappa shape index (κ1) is 12.7. The molecule has 1 aliphatic rings. The molecule has 0 radical (unpaired) electrons. The zero-order chi connectivity index (χ0) is 11.6. The maximum absolute atomic E-state index is 12.2. The Hall–Kier alpha value is -0.330. The van der Waals surface area contributed by atoms with Crippen LogP contribution in [0.25, 0.3) is 0 Å². The van der Waals surface area contributed by atoms with Crippen LogP contribution in [0.2, 0.25) is 0 Å². The molecule has 0 aliphatic carbocycles. The summed E-state index contributed by atoms with van der Waals surface area (Å²) < 4.78 is 41.6. The molecule has 15 heavy (non-hydrogen) atoms. The second-order valence-electron chi connectivity index (χ2n) is 3.99. The summed E-state index contributed by atoms with van der Waals surface area (Å²) in [7, 11) is 0. The lowest BCUT2D eigenvalue weighted by Crippen LogP contribution is -2.54. The van der Waals surface area contributed by atoms with Gasteiger partial charge in [0.05, 0.1) is 13.2 Å². The van der Waals surface area contributed by atoms with Crippen molar-refractivity contribution in [3.05, 3.63) is 0 Å². The molecular formula is C9H16F3NO2. The number of hydrogen-bond acceptors (Lipinski definition) is 3. The molecule has 0 amide bonds. The number of aliphatic hydroxyl groups is 1. The number of ether oxygens (including phenoxy) is 1. The van der Waals surface area contributed by atoms with Crippen LogP contribution in [0.4, 0.5) is 13.2 Å².